The van der Waals surface area contributed by atoms with Gasteiger partial charge in [0.1, 0.15) is 0 Å². The van der Waals surface area contributed by atoms with Gasteiger partial charge in [-0.05, 0) is 12.8 Å². The molecule has 0 heterocycles. The van der Waals surface area contributed by atoms with E-state index in [2.05, 4.69) is 11.4 Å². The molecule has 100 valence electrons. The SMILES string of the molecule is N#CC1CCCCC1NCc1ccccc1[N+](=O)[O-]. The molecule has 1 aliphatic rings. The number of nitriles is 1. The van der Waals surface area contributed by atoms with Crippen LogP contribution < -0.4 is 5.32 Å². The van der Waals surface area contributed by atoms with Crippen LogP contribution in [-0.2, 0) is 6.54 Å². The number of benzene rings is 1. The van der Waals surface area contributed by atoms with Gasteiger partial charge in [-0.2, -0.15) is 5.26 Å². The van der Waals surface area contributed by atoms with E-state index in [1.807, 2.05) is 0 Å². The Bertz CT molecular complexity index is 496. The van der Waals surface area contributed by atoms with Gasteiger partial charge >= 0.3 is 0 Å². The van der Waals surface area contributed by atoms with Crippen molar-refractivity contribution in [2.45, 2.75) is 38.3 Å². The fourth-order valence-electron chi connectivity index (χ4n) is 2.61. The van der Waals surface area contributed by atoms with Gasteiger partial charge in [-0.1, -0.05) is 31.0 Å². The molecular formula is C14H17N3O2. The van der Waals surface area contributed by atoms with E-state index in [4.69, 9.17) is 5.26 Å². The number of nitro groups is 1. The maximum Gasteiger partial charge on any atom is 0.273 e. The lowest BCUT2D eigenvalue weighted by Gasteiger charge is -2.27. The summed E-state index contributed by atoms with van der Waals surface area (Å²) in [5, 5.41) is 23.3. The topological polar surface area (TPSA) is 79.0 Å². The van der Waals surface area contributed by atoms with Gasteiger partial charge < -0.3 is 5.32 Å². The molecule has 2 rings (SSSR count). The van der Waals surface area contributed by atoms with Gasteiger partial charge in [0, 0.05) is 24.2 Å². The fraction of sp³-hybridized carbons (Fsp3) is 0.500. The maximum absolute atomic E-state index is 10.9. The average Bonchev–Trinajstić information content (AvgIpc) is 2.45. The Morgan fingerprint density at radius 2 is 2.11 bits per heavy atom. The van der Waals surface area contributed by atoms with Crippen LogP contribution in [0.4, 0.5) is 5.69 Å². The van der Waals surface area contributed by atoms with Gasteiger partial charge in [-0.15, -0.1) is 0 Å². The van der Waals surface area contributed by atoms with Gasteiger partial charge in [0.2, 0.25) is 0 Å². The van der Waals surface area contributed by atoms with Crippen LogP contribution in [0.1, 0.15) is 31.2 Å². The van der Waals surface area contributed by atoms with Gasteiger partial charge in [0.05, 0.1) is 16.9 Å². The van der Waals surface area contributed by atoms with Gasteiger partial charge in [0.25, 0.3) is 5.69 Å². The van der Waals surface area contributed by atoms with Crippen LogP contribution in [-0.4, -0.2) is 11.0 Å². The Labute approximate surface area is 112 Å². The molecule has 19 heavy (non-hydrogen) atoms. The Hall–Kier alpha value is -1.93. The highest BCUT2D eigenvalue weighted by Gasteiger charge is 2.25. The minimum atomic E-state index is -0.361. The largest absolute Gasteiger partial charge is 0.308 e. The zero-order chi connectivity index (χ0) is 13.7. The van der Waals surface area contributed by atoms with Crippen LogP contribution >= 0.6 is 0 Å². The number of hydrogen-bond acceptors (Lipinski definition) is 4. The quantitative estimate of drug-likeness (QED) is 0.666. The van der Waals surface area contributed by atoms with Crippen molar-refractivity contribution >= 4 is 5.69 Å². The van der Waals surface area contributed by atoms with Crippen molar-refractivity contribution in [1.29, 1.82) is 5.26 Å². The first kappa shape index (κ1) is 13.5. The van der Waals surface area contributed by atoms with E-state index in [1.165, 1.54) is 6.07 Å². The van der Waals surface area contributed by atoms with Crippen molar-refractivity contribution in [3.05, 3.63) is 39.9 Å². The second kappa shape index (κ2) is 6.30. The minimum Gasteiger partial charge on any atom is -0.308 e. The van der Waals surface area contributed by atoms with Crippen molar-refractivity contribution in [1.82, 2.24) is 5.32 Å². The van der Waals surface area contributed by atoms with E-state index < -0.39 is 0 Å². The normalized spacial score (nSPS) is 22.7. The van der Waals surface area contributed by atoms with E-state index in [9.17, 15) is 10.1 Å². The number of hydrogen-bond donors (Lipinski definition) is 1. The molecule has 2 unspecified atom stereocenters. The molecule has 0 radical (unpaired) electrons. The van der Waals surface area contributed by atoms with Crippen LogP contribution in [0, 0.1) is 27.4 Å². The molecule has 2 atom stereocenters. The first-order valence-electron chi connectivity index (χ1n) is 6.57. The summed E-state index contributed by atoms with van der Waals surface area (Å²) in [6, 6.07) is 9.22. The summed E-state index contributed by atoms with van der Waals surface area (Å²) >= 11 is 0. The third-order valence-electron chi connectivity index (χ3n) is 3.67. The lowest BCUT2D eigenvalue weighted by Crippen LogP contribution is -2.37. The number of para-hydroxylation sites is 1. The van der Waals surface area contributed by atoms with E-state index in [0.717, 1.165) is 25.7 Å². The predicted molar refractivity (Wildman–Crippen MR) is 71.3 cm³/mol. The van der Waals surface area contributed by atoms with Crippen LogP contribution in [0.15, 0.2) is 24.3 Å². The number of nitro benzene ring substituents is 1. The summed E-state index contributed by atoms with van der Waals surface area (Å²) in [6.07, 6.45) is 4.11. The third kappa shape index (κ3) is 3.30. The molecule has 1 aliphatic carbocycles. The predicted octanol–water partition coefficient (Wildman–Crippen LogP) is 2.77. The van der Waals surface area contributed by atoms with E-state index in [-0.39, 0.29) is 22.6 Å². The minimum absolute atomic E-state index is 0.0246. The van der Waals surface area contributed by atoms with Crippen LogP contribution in [0.25, 0.3) is 0 Å². The summed E-state index contributed by atoms with van der Waals surface area (Å²) in [6.45, 7) is 0.444. The van der Waals surface area contributed by atoms with Crippen LogP contribution in [0.5, 0.6) is 0 Å². The molecule has 1 aromatic carbocycles. The van der Waals surface area contributed by atoms with Crippen LogP contribution in [0.3, 0.4) is 0 Å². The third-order valence-corrected chi connectivity index (χ3v) is 3.67. The highest BCUT2D eigenvalue weighted by molar-refractivity contribution is 5.39. The Kier molecular flexibility index (Phi) is 4.48. The molecule has 0 spiro atoms. The monoisotopic (exact) mass is 259 g/mol. The fourth-order valence-corrected chi connectivity index (χ4v) is 2.61. The van der Waals surface area contributed by atoms with Crippen LogP contribution in [0.2, 0.25) is 0 Å². The highest BCUT2D eigenvalue weighted by atomic mass is 16.6. The lowest BCUT2D eigenvalue weighted by molar-refractivity contribution is -0.385. The molecule has 0 amide bonds. The van der Waals surface area contributed by atoms with E-state index in [0.29, 0.717) is 12.1 Å². The summed E-state index contributed by atoms with van der Waals surface area (Å²) in [5.41, 5.74) is 0.814. The molecule has 1 fully saturated rings. The van der Waals surface area contributed by atoms with Gasteiger partial charge in [-0.3, -0.25) is 10.1 Å². The Morgan fingerprint density at radius 1 is 1.37 bits per heavy atom. The molecule has 5 nitrogen and oxygen atoms in total. The standard InChI is InChI=1S/C14H17N3O2/c15-9-11-5-1-3-7-13(11)16-10-12-6-2-4-8-14(12)17(18)19/h2,4,6,8,11,13,16H,1,3,5,7,10H2. The van der Waals surface area contributed by atoms with Crippen molar-refractivity contribution in [2.24, 2.45) is 5.92 Å². The summed E-state index contributed by atoms with van der Waals surface area (Å²) in [5.74, 6) is 0.0246. The average molecular weight is 259 g/mol. The number of nitrogens with one attached hydrogen (secondary N) is 1. The summed E-state index contributed by atoms with van der Waals surface area (Å²) < 4.78 is 0. The zero-order valence-corrected chi connectivity index (χ0v) is 10.7. The van der Waals surface area contributed by atoms with Gasteiger partial charge in [-0.25, -0.2) is 0 Å². The van der Waals surface area contributed by atoms with Crippen molar-refractivity contribution in [2.75, 3.05) is 0 Å². The smallest absolute Gasteiger partial charge is 0.273 e. The number of nitrogens with zero attached hydrogens (tertiary/aromatic N) is 2. The molecule has 1 N–H and O–H groups in total. The van der Waals surface area contributed by atoms with Crippen molar-refractivity contribution in [3.8, 4) is 6.07 Å². The van der Waals surface area contributed by atoms with Gasteiger partial charge in [0.15, 0.2) is 0 Å². The molecular weight excluding hydrogens is 242 g/mol. The molecule has 0 aromatic heterocycles. The van der Waals surface area contributed by atoms with E-state index in [1.54, 1.807) is 18.2 Å². The lowest BCUT2D eigenvalue weighted by atomic mass is 9.85. The molecule has 0 aliphatic heterocycles. The van der Waals surface area contributed by atoms with Crippen molar-refractivity contribution < 1.29 is 4.92 Å². The first-order valence-corrected chi connectivity index (χ1v) is 6.57. The summed E-state index contributed by atoms with van der Waals surface area (Å²) in [4.78, 5) is 10.6. The maximum atomic E-state index is 10.9. The molecule has 1 saturated carbocycles. The zero-order valence-electron chi connectivity index (χ0n) is 10.7. The Morgan fingerprint density at radius 3 is 2.84 bits per heavy atom. The number of rotatable bonds is 4. The van der Waals surface area contributed by atoms with E-state index >= 15 is 0 Å². The highest BCUT2D eigenvalue weighted by Crippen LogP contribution is 2.25. The van der Waals surface area contributed by atoms with Crippen molar-refractivity contribution in [3.63, 3.8) is 0 Å². The Balaban J connectivity index is 2.02. The first-order chi connectivity index (χ1) is 9.22. The second-order valence-electron chi connectivity index (χ2n) is 4.89. The summed E-state index contributed by atoms with van der Waals surface area (Å²) in [7, 11) is 0. The molecule has 0 saturated heterocycles. The molecule has 5 heteroatoms. The second-order valence-corrected chi connectivity index (χ2v) is 4.89. The molecule has 1 aromatic rings. The molecule has 0 bridgehead atoms.